The lowest BCUT2D eigenvalue weighted by atomic mass is 9.81. The molecule has 1 aliphatic heterocycles. The summed E-state index contributed by atoms with van der Waals surface area (Å²) in [5.74, 6) is -0.0631. The number of carbonyl (C=O) groups excluding carboxylic acids is 2. The maximum absolute atomic E-state index is 11.1. The van der Waals surface area contributed by atoms with Gasteiger partial charge in [-0.3, -0.25) is 14.9 Å². The smallest absolute Gasteiger partial charge is 0.230 e. The fourth-order valence-corrected chi connectivity index (χ4v) is 2.07. The second kappa shape index (κ2) is 7.43. The summed E-state index contributed by atoms with van der Waals surface area (Å²) in [6.45, 7) is 8.00. The van der Waals surface area contributed by atoms with Crippen LogP contribution in [0, 0.1) is 11.8 Å². The SMILES string of the molecule is CC.CC.O=C1NC(=O)[C@H]2CCCCC12. The van der Waals surface area contributed by atoms with E-state index >= 15 is 0 Å². The predicted octanol–water partition coefficient (Wildman–Crippen LogP) is 2.50. The van der Waals surface area contributed by atoms with Crippen LogP contribution in [0.5, 0.6) is 0 Å². The molecule has 1 unspecified atom stereocenters. The zero-order valence-corrected chi connectivity index (χ0v) is 10.3. The van der Waals surface area contributed by atoms with E-state index in [0.717, 1.165) is 25.7 Å². The zero-order chi connectivity index (χ0) is 11.8. The van der Waals surface area contributed by atoms with Gasteiger partial charge in [-0.1, -0.05) is 40.5 Å². The van der Waals surface area contributed by atoms with Crippen molar-refractivity contribution < 1.29 is 9.59 Å². The van der Waals surface area contributed by atoms with Gasteiger partial charge < -0.3 is 0 Å². The molecule has 3 nitrogen and oxygen atoms in total. The van der Waals surface area contributed by atoms with Crippen LogP contribution >= 0.6 is 0 Å². The summed E-state index contributed by atoms with van der Waals surface area (Å²) in [6.07, 6.45) is 4.01. The van der Waals surface area contributed by atoms with Crippen LogP contribution in [-0.2, 0) is 9.59 Å². The molecule has 0 aromatic heterocycles. The summed E-state index contributed by atoms with van der Waals surface area (Å²) in [5, 5.41) is 2.38. The number of carbonyl (C=O) groups is 2. The maximum atomic E-state index is 11.1. The van der Waals surface area contributed by atoms with Gasteiger partial charge in [-0.05, 0) is 12.8 Å². The molecule has 0 radical (unpaired) electrons. The molecule has 2 fully saturated rings. The largest absolute Gasteiger partial charge is 0.296 e. The average Bonchev–Trinajstić information content (AvgIpc) is 2.61. The highest BCUT2D eigenvalue weighted by molar-refractivity contribution is 6.05. The summed E-state index contributed by atoms with van der Waals surface area (Å²) >= 11 is 0. The summed E-state index contributed by atoms with van der Waals surface area (Å²) in [6, 6.07) is 0. The van der Waals surface area contributed by atoms with Crippen molar-refractivity contribution in [1.82, 2.24) is 5.32 Å². The lowest BCUT2D eigenvalue weighted by Crippen LogP contribution is -2.21. The average molecular weight is 213 g/mol. The Morgan fingerprint density at radius 1 is 0.867 bits per heavy atom. The number of hydrogen-bond acceptors (Lipinski definition) is 2. The summed E-state index contributed by atoms with van der Waals surface area (Å²) in [4.78, 5) is 22.2. The van der Waals surface area contributed by atoms with Crippen molar-refractivity contribution in [3.63, 3.8) is 0 Å². The Bertz CT molecular complexity index is 192. The zero-order valence-electron chi connectivity index (χ0n) is 10.3. The molecular formula is C12H23NO2. The number of rotatable bonds is 0. The quantitative estimate of drug-likeness (QED) is 0.628. The van der Waals surface area contributed by atoms with E-state index < -0.39 is 0 Å². The van der Waals surface area contributed by atoms with E-state index in [-0.39, 0.29) is 23.7 Å². The van der Waals surface area contributed by atoms with Crippen molar-refractivity contribution in [2.24, 2.45) is 11.8 Å². The van der Waals surface area contributed by atoms with E-state index in [1.807, 2.05) is 27.7 Å². The van der Waals surface area contributed by atoms with Crippen molar-refractivity contribution in [3.8, 4) is 0 Å². The number of imide groups is 1. The van der Waals surface area contributed by atoms with Crippen molar-refractivity contribution in [2.75, 3.05) is 0 Å². The van der Waals surface area contributed by atoms with Crippen LogP contribution in [0.2, 0.25) is 0 Å². The number of fused-ring (bicyclic) bond motifs is 1. The summed E-state index contributed by atoms with van der Waals surface area (Å²) in [7, 11) is 0. The van der Waals surface area contributed by atoms with Crippen molar-refractivity contribution in [1.29, 1.82) is 0 Å². The van der Waals surface area contributed by atoms with Gasteiger partial charge in [-0.15, -0.1) is 0 Å². The molecule has 0 aromatic carbocycles. The van der Waals surface area contributed by atoms with Crippen LogP contribution in [0.3, 0.4) is 0 Å². The van der Waals surface area contributed by atoms with E-state index in [9.17, 15) is 9.59 Å². The molecule has 15 heavy (non-hydrogen) atoms. The Kier molecular flexibility index (Phi) is 7.01. The molecule has 3 heteroatoms. The first-order valence-electron chi connectivity index (χ1n) is 6.14. The van der Waals surface area contributed by atoms with Crippen LogP contribution in [0.1, 0.15) is 53.4 Å². The lowest BCUT2D eigenvalue weighted by molar-refractivity contribution is -0.126. The molecule has 88 valence electrons. The van der Waals surface area contributed by atoms with Gasteiger partial charge >= 0.3 is 0 Å². The Morgan fingerprint density at radius 2 is 1.20 bits per heavy atom. The van der Waals surface area contributed by atoms with Gasteiger partial charge in [0.15, 0.2) is 0 Å². The molecule has 1 aliphatic carbocycles. The van der Waals surface area contributed by atoms with Gasteiger partial charge in [-0.25, -0.2) is 0 Å². The summed E-state index contributed by atoms with van der Waals surface area (Å²) in [5.41, 5.74) is 0. The molecule has 0 spiro atoms. The first-order chi connectivity index (χ1) is 7.29. The minimum Gasteiger partial charge on any atom is -0.296 e. The monoisotopic (exact) mass is 213 g/mol. The molecule has 1 heterocycles. The Labute approximate surface area is 92.6 Å². The van der Waals surface area contributed by atoms with E-state index in [1.54, 1.807) is 0 Å². The number of nitrogens with one attached hydrogen (secondary N) is 1. The standard InChI is InChI=1S/C8H11NO2.2C2H6/c10-7-5-3-1-2-4-6(5)8(11)9-7;2*1-2/h5-6H,1-4H2,(H,9,10,11);2*1-2H3/t5-,6?;;/m0../s1. The summed E-state index contributed by atoms with van der Waals surface area (Å²) < 4.78 is 0. The third-order valence-corrected chi connectivity index (χ3v) is 2.69. The predicted molar refractivity (Wildman–Crippen MR) is 61.3 cm³/mol. The molecule has 0 aromatic rings. The second-order valence-electron chi connectivity index (χ2n) is 3.35. The van der Waals surface area contributed by atoms with Crippen molar-refractivity contribution in [2.45, 2.75) is 53.4 Å². The first-order valence-corrected chi connectivity index (χ1v) is 6.14. The molecule has 1 saturated heterocycles. The van der Waals surface area contributed by atoms with Crippen LogP contribution in [0.15, 0.2) is 0 Å². The van der Waals surface area contributed by atoms with Crippen molar-refractivity contribution in [3.05, 3.63) is 0 Å². The van der Waals surface area contributed by atoms with E-state index in [0.29, 0.717) is 0 Å². The number of hydrogen-bond donors (Lipinski definition) is 1. The molecule has 2 atom stereocenters. The fourth-order valence-electron chi connectivity index (χ4n) is 2.07. The molecule has 2 aliphatic rings. The van der Waals surface area contributed by atoms with Crippen LogP contribution in [0.25, 0.3) is 0 Å². The van der Waals surface area contributed by atoms with Crippen LogP contribution in [0.4, 0.5) is 0 Å². The molecule has 2 rings (SSSR count). The first kappa shape index (κ1) is 14.1. The fraction of sp³-hybridized carbons (Fsp3) is 0.833. The van der Waals surface area contributed by atoms with Gasteiger partial charge in [0.2, 0.25) is 11.8 Å². The lowest BCUT2D eigenvalue weighted by Gasteiger charge is -2.19. The van der Waals surface area contributed by atoms with Gasteiger partial charge in [0, 0.05) is 11.8 Å². The highest BCUT2D eigenvalue weighted by atomic mass is 16.2. The highest BCUT2D eigenvalue weighted by Gasteiger charge is 2.42. The van der Waals surface area contributed by atoms with Crippen LogP contribution < -0.4 is 5.32 Å². The third kappa shape index (κ3) is 3.33. The maximum Gasteiger partial charge on any atom is 0.230 e. The van der Waals surface area contributed by atoms with E-state index in [2.05, 4.69) is 5.32 Å². The minimum absolute atomic E-state index is 0.0104. The topological polar surface area (TPSA) is 46.2 Å². The Balaban J connectivity index is 0.000000442. The minimum atomic E-state index is -0.0419. The van der Waals surface area contributed by atoms with Gasteiger partial charge in [0.25, 0.3) is 0 Å². The van der Waals surface area contributed by atoms with Gasteiger partial charge in [-0.2, -0.15) is 0 Å². The van der Waals surface area contributed by atoms with Gasteiger partial charge in [0.05, 0.1) is 0 Å². The normalized spacial score (nSPS) is 27.7. The van der Waals surface area contributed by atoms with Gasteiger partial charge in [0.1, 0.15) is 0 Å². The highest BCUT2D eigenvalue weighted by Crippen LogP contribution is 2.33. The van der Waals surface area contributed by atoms with E-state index in [1.165, 1.54) is 0 Å². The number of amides is 2. The molecule has 0 bridgehead atoms. The third-order valence-electron chi connectivity index (χ3n) is 2.69. The molecule has 2 amide bonds. The molecule has 1 N–H and O–H groups in total. The Morgan fingerprint density at radius 3 is 1.53 bits per heavy atom. The molecule has 1 saturated carbocycles. The Hall–Kier alpha value is -0.860. The van der Waals surface area contributed by atoms with Crippen LogP contribution in [-0.4, -0.2) is 11.8 Å². The molecular weight excluding hydrogens is 190 g/mol. The van der Waals surface area contributed by atoms with E-state index in [4.69, 9.17) is 0 Å². The van der Waals surface area contributed by atoms with Crippen molar-refractivity contribution >= 4 is 11.8 Å². The second-order valence-corrected chi connectivity index (χ2v) is 3.35.